The predicted molar refractivity (Wildman–Crippen MR) is 96.3 cm³/mol. The number of ether oxygens (including phenoxy) is 1. The highest BCUT2D eigenvalue weighted by molar-refractivity contribution is 7.92. The monoisotopic (exact) mass is 378 g/mol. The van der Waals surface area contributed by atoms with Crippen LogP contribution in [0.2, 0.25) is 0 Å². The van der Waals surface area contributed by atoms with Crippen LogP contribution in [0.1, 0.15) is 18.9 Å². The number of sulfonamides is 1. The molecule has 0 saturated heterocycles. The molecule has 0 radical (unpaired) electrons. The number of rotatable bonds is 4. The van der Waals surface area contributed by atoms with Gasteiger partial charge in [0, 0.05) is 12.2 Å². The van der Waals surface area contributed by atoms with E-state index in [1.165, 1.54) is 16.4 Å². The molecule has 1 heterocycles. The second kappa shape index (κ2) is 7.33. The minimum Gasteiger partial charge on any atom is -0.450 e. The third kappa shape index (κ3) is 3.65. The minimum absolute atomic E-state index is 0.0421. The molecule has 0 unspecified atom stereocenters. The lowest BCUT2D eigenvalue weighted by atomic mass is 10.0. The van der Waals surface area contributed by atoms with Crippen molar-refractivity contribution in [3.05, 3.63) is 53.8 Å². The number of hydrogen-bond acceptors (Lipinski definition) is 4. The first kappa shape index (κ1) is 18.2. The third-order valence-electron chi connectivity index (χ3n) is 4.08. The number of anilines is 2. The standard InChI is InChI=1S/C18H19FN2O4S/c1-2-25-18(22)20-15-7-10-17-13(12-15)4-3-11-21(17)26(23,24)16-8-5-14(19)6-9-16/h5-10,12H,2-4,11H2,1H3,(H,20,22). The quantitative estimate of drug-likeness (QED) is 0.883. The number of carbonyl (C=O) groups is 1. The van der Waals surface area contributed by atoms with Gasteiger partial charge in [0.1, 0.15) is 5.82 Å². The summed E-state index contributed by atoms with van der Waals surface area (Å²) < 4.78 is 45.1. The van der Waals surface area contributed by atoms with Gasteiger partial charge < -0.3 is 4.74 Å². The maximum atomic E-state index is 13.1. The van der Waals surface area contributed by atoms with E-state index >= 15 is 0 Å². The summed E-state index contributed by atoms with van der Waals surface area (Å²) in [6, 6.07) is 9.82. The summed E-state index contributed by atoms with van der Waals surface area (Å²) in [6.45, 7) is 2.32. The maximum absolute atomic E-state index is 13.1. The molecule has 8 heteroatoms. The van der Waals surface area contributed by atoms with Crippen molar-refractivity contribution in [3.63, 3.8) is 0 Å². The topological polar surface area (TPSA) is 75.7 Å². The van der Waals surface area contributed by atoms with Crippen molar-refractivity contribution in [2.45, 2.75) is 24.7 Å². The molecule has 1 aliphatic heterocycles. The van der Waals surface area contributed by atoms with E-state index in [4.69, 9.17) is 4.74 Å². The van der Waals surface area contributed by atoms with Gasteiger partial charge in [-0.1, -0.05) is 0 Å². The van der Waals surface area contributed by atoms with Gasteiger partial charge in [-0.25, -0.2) is 17.6 Å². The average molecular weight is 378 g/mol. The van der Waals surface area contributed by atoms with Gasteiger partial charge in [-0.15, -0.1) is 0 Å². The highest BCUT2D eigenvalue weighted by Gasteiger charge is 2.29. The fourth-order valence-electron chi connectivity index (χ4n) is 2.91. The zero-order chi connectivity index (χ0) is 18.7. The number of nitrogens with zero attached hydrogens (tertiary/aromatic N) is 1. The van der Waals surface area contributed by atoms with Crippen LogP contribution >= 0.6 is 0 Å². The largest absolute Gasteiger partial charge is 0.450 e. The normalized spacial score (nSPS) is 13.8. The number of aryl methyl sites for hydroxylation is 1. The summed E-state index contributed by atoms with van der Waals surface area (Å²) >= 11 is 0. The van der Waals surface area contributed by atoms with Crippen LogP contribution in [0.4, 0.5) is 20.6 Å². The van der Waals surface area contributed by atoms with Crippen LogP contribution in [0.25, 0.3) is 0 Å². The van der Waals surface area contributed by atoms with Crippen molar-refractivity contribution in [1.29, 1.82) is 0 Å². The first-order chi connectivity index (χ1) is 12.4. The summed E-state index contributed by atoms with van der Waals surface area (Å²) in [5, 5.41) is 2.61. The highest BCUT2D eigenvalue weighted by atomic mass is 32.2. The molecule has 0 aliphatic carbocycles. The van der Waals surface area contributed by atoms with Crippen LogP contribution in [-0.2, 0) is 21.2 Å². The summed E-state index contributed by atoms with van der Waals surface area (Å²) in [4.78, 5) is 11.6. The van der Waals surface area contributed by atoms with Gasteiger partial charge in [0.25, 0.3) is 10.0 Å². The number of nitrogens with one attached hydrogen (secondary N) is 1. The molecule has 2 aromatic rings. The van der Waals surface area contributed by atoms with Crippen LogP contribution in [0.15, 0.2) is 47.4 Å². The lowest BCUT2D eigenvalue weighted by molar-refractivity contribution is 0.168. The number of carbonyl (C=O) groups excluding carboxylic acids is 1. The van der Waals surface area contributed by atoms with Crippen LogP contribution in [0, 0.1) is 5.82 Å². The van der Waals surface area contributed by atoms with Crippen molar-refractivity contribution in [3.8, 4) is 0 Å². The average Bonchev–Trinajstić information content (AvgIpc) is 2.61. The molecule has 26 heavy (non-hydrogen) atoms. The minimum atomic E-state index is -3.78. The molecule has 6 nitrogen and oxygen atoms in total. The molecule has 0 bridgehead atoms. The molecule has 3 rings (SSSR count). The molecule has 1 aliphatic rings. The van der Waals surface area contributed by atoms with Crippen molar-refractivity contribution in [2.24, 2.45) is 0 Å². The summed E-state index contributed by atoms with van der Waals surface area (Å²) in [5.74, 6) is -0.488. The number of halogens is 1. The van der Waals surface area contributed by atoms with Crippen LogP contribution in [-0.4, -0.2) is 27.7 Å². The predicted octanol–water partition coefficient (Wildman–Crippen LogP) is 3.54. The molecule has 0 spiro atoms. The Bertz CT molecular complexity index is 913. The van der Waals surface area contributed by atoms with Crippen LogP contribution < -0.4 is 9.62 Å². The first-order valence-corrected chi connectivity index (χ1v) is 9.71. The molecule has 1 amide bonds. The fourth-order valence-corrected chi connectivity index (χ4v) is 4.45. The van der Waals surface area contributed by atoms with Gasteiger partial charge in [0.05, 0.1) is 17.2 Å². The highest BCUT2D eigenvalue weighted by Crippen LogP contribution is 2.33. The van der Waals surface area contributed by atoms with Crippen molar-refractivity contribution in [1.82, 2.24) is 0 Å². The van der Waals surface area contributed by atoms with Gasteiger partial charge in [-0.05, 0) is 67.8 Å². The Balaban J connectivity index is 1.91. The maximum Gasteiger partial charge on any atom is 0.411 e. The Morgan fingerprint density at radius 1 is 1.23 bits per heavy atom. The van der Waals surface area contributed by atoms with E-state index in [0.717, 1.165) is 17.7 Å². The van der Waals surface area contributed by atoms with E-state index in [2.05, 4.69) is 5.32 Å². The summed E-state index contributed by atoms with van der Waals surface area (Å²) in [6.07, 6.45) is 0.790. The van der Waals surface area contributed by atoms with Gasteiger partial charge in [0.2, 0.25) is 0 Å². The molecule has 0 fully saturated rings. The Hall–Kier alpha value is -2.61. The zero-order valence-electron chi connectivity index (χ0n) is 14.2. The lowest BCUT2D eigenvalue weighted by Gasteiger charge is -2.30. The van der Waals surface area contributed by atoms with Crippen LogP contribution in [0.3, 0.4) is 0 Å². The van der Waals surface area contributed by atoms with Crippen molar-refractivity contribution < 1.29 is 22.3 Å². The number of fused-ring (bicyclic) bond motifs is 1. The van der Waals surface area contributed by atoms with E-state index in [1.54, 1.807) is 25.1 Å². The summed E-state index contributed by atoms with van der Waals surface area (Å²) in [7, 11) is -3.78. The lowest BCUT2D eigenvalue weighted by Crippen LogP contribution is -2.35. The smallest absolute Gasteiger partial charge is 0.411 e. The van der Waals surface area contributed by atoms with E-state index in [1.807, 2.05) is 0 Å². The molecule has 1 N–H and O–H groups in total. The molecule has 138 valence electrons. The zero-order valence-corrected chi connectivity index (χ0v) is 15.1. The summed E-state index contributed by atoms with van der Waals surface area (Å²) in [5.41, 5.74) is 1.93. The Morgan fingerprint density at radius 3 is 2.65 bits per heavy atom. The molecular weight excluding hydrogens is 359 g/mol. The van der Waals surface area contributed by atoms with Crippen molar-refractivity contribution in [2.75, 3.05) is 22.8 Å². The third-order valence-corrected chi connectivity index (χ3v) is 5.91. The molecular formula is C18H19FN2O4S. The number of benzene rings is 2. The molecule has 0 saturated carbocycles. The molecule has 2 aromatic carbocycles. The Labute approximate surface area is 151 Å². The van der Waals surface area contributed by atoms with Gasteiger partial charge in [0.15, 0.2) is 0 Å². The van der Waals surface area contributed by atoms with Gasteiger partial charge in [-0.3, -0.25) is 9.62 Å². The Kier molecular flexibility index (Phi) is 5.13. The van der Waals surface area contributed by atoms with Crippen molar-refractivity contribution >= 4 is 27.5 Å². The number of hydrogen-bond donors (Lipinski definition) is 1. The van der Waals surface area contributed by atoms with Crippen LogP contribution in [0.5, 0.6) is 0 Å². The van der Waals surface area contributed by atoms with E-state index in [0.29, 0.717) is 30.8 Å². The number of amides is 1. The fraction of sp³-hybridized carbons (Fsp3) is 0.278. The SMILES string of the molecule is CCOC(=O)Nc1ccc2c(c1)CCCN2S(=O)(=O)c1ccc(F)cc1. The Morgan fingerprint density at radius 2 is 1.96 bits per heavy atom. The molecule has 0 aromatic heterocycles. The molecule has 0 atom stereocenters. The van der Waals surface area contributed by atoms with Gasteiger partial charge in [-0.2, -0.15) is 0 Å². The van der Waals surface area contributed by atoms with E-state index in [-0.39, 0.29) is 11.5 Å². The van der Waals surface area contributed by atoms with E-state index in [9.17, 15) is 17.6 Å². The second-order valence-electron chi connectivity index (χ2n) is 5.82. The second-order valence-corrected chi connectivity index (χ2v) is 7.69. The van der Waals surface area contributed by atoms with E-state index < -0.39 is 21.9 Å². The first-order valence-electron chi connectivity index (χ1n) is 8.27. The van der Waals surface area contributed by atoms with Gasteiger partial charge >= 0.3 is 6.09 Å².